The number of halogens is 1. The molecule has 1 amide bonds. The molecule has 106 valence electrons. The number of nitrogens with zero attached hydrogens (tertiary/aromatic N) is 2. The minimum atomic E-state index is -0.596. The highest BCUT2D eigenvalue weighted by atomic mass is 19.1. The van der Waals surface area contributed by atoms with Crippen LogP contribution in [0.25, 0.3) is 0 Å². The Kier molecular flexibility index (Phi) is 3.51. The minimum absolute atomic E-state index is 0.0497. The first-order valence-corrected chi connectivity index (χ1v) is 7.11. The largest absolute Gasteiger partial charge is 0.335 e. The standard InChI is InChI=1S/C15H17FN2O2/c16-12-9-17-7-6-10(12)15(20)18-8-2-4-13(18)11-3-1-5-14(11)19/h6-7,9,11,13H,1-5,8H2. The summed E-state index contributed by atoms with van der Waals surface area (Å²) in [6.07, 6.45) is 6.58. The molecule has 0 radical (unpaired) electrons. The molecule has 20 heavy (non-hydrogen) atoms. The highest BCUT2D eigenvalue weighted by molar-refractivity contribution is 5.95. The van der Waals surface area contributed by atoms with Crippen molar-refractivity contribution in [1.82, 2.24) is 9.88 Å². The molecule has 2 atom stereocenters. The molecule has 1 aromatic rings. The average Bonchev–Trinajstić information content (AvgIpc) is 3.06. The summed E-state index contributed by atoms with van der Waals surface area (Å²) >= 11 is 0. The number of likely N-dealkylation sites (tertiary alicyclic amines) is 1. The van der Waals surface area contributed by atoms with Gasteiger partial charge in [-0.15, -0.1) is 0 Å². The minimum Gasteiger partial charge on any atom is -0.335 e. The highest BCUT2D eigenvalue weighted by Gasteiger charge is 2.40. The fourth-order valence-corrected chi connectivity index (χ4v) is 3.42. The molecule has 1 saturated heterocycles. The quantitative estimate of drug-likeness (QED) is 0.832. The van der Waals surface area contributed by atoms with Crippen LogP contribution in [0.5, 0.6) is 0 Å². The van der Waals surface area contributed by atoms with Gasteiger partial charge in [-0.25, -0.2) is 4.39 Å². The van der Waals surface area contributed by atoms with Crippen LogP contribution in [-0.2, 0) is 4.79 Å². The Balaban J connectivity index is 1.83. The second-order valence-electron chi connectivity index (χ2n) is 5.53. The molecule has 1 saturated carbocycles. The Morgan fingerprint density at radius 1 is 1.35 bits per heavy atom. The van der Waals surface area contributed by atoms with Gasteiger partial charge < -0.3 is 4.90 Å². The molecule has 0 spiro atoms. The lowest BCUT2D eigenvalue weighted by Gasteiger charge is -2.28. The second-order valence-corrected chi connectivity index (χ2v) is 5.53. The number of amides is 1. The molecule has 0 bridgehead atoms. The summed E-state index contributed by atoms with van der Waals surface area (Å²) in [5.74, 6) is -0.704. The summed E-state index contributed by atoms with van der Waals surface area (Å²) < 4.78 is 13.7. The van der Waals surface area contributed by atoms with Crippen LogP contribution in [0.3, 0.4) is 0 Å². The number of aromatic nitrogens is 1. The van der Waals surface area contributed by atoms with E-state index in [2.05, 4.69) is 4.98 Å². The van der Waals surface area contributed by atoms with Crippen molar-refractivity contribution in [3.8, 4) is 0 Å². The smallest absolute Gasteiger partial charge is 0.257 e. The van der Waals surface area contributed by atoms with Gasteiger partial charge >= 0.3 is 0 Å². The van der Waals surface area contributed by atoms with Gasteiger partial charge in [0.2, 0.25) is 0 Å². The zero-order chi connectivity index (χ0) is 14.1. The number of rotatable bonds is 2. The fourth-order valence-electron chi connectivity index (χ4n) is 3.42. The van der Waals surface area contributed by atoms with Crippen LogP contribution in [0.15, 0.2) is 18.5 Å². The van der Waals surface area contributed by atoms with Gasteiger partial charge in [0, 0.05) is 31.1 Å². The van der Waals surface area contributed by atoms with Gasteiger partial charge in [0.15, 0.2) is 5.82 Å². The maximum absolute atomic E-state index is 13.7. The average molecular weight is 276 g/mol. The van der Waals surface area contributed by atoms with E-state index in [1.165, 1.54) is 12.3 Å². The van der Waals surface area contributed by atoms with Crippen LogP contribution in [0, 0.1) is 11.7 Å². The zero-order valence-corrected chi connectivity index (χ0v) is 11.2. The van der Waals surface area contributed by atoms with Gasteiger partial charge in [-0.05, 0) is 31.7 Å². The number of hydrogen-bond acceptors (Lipinski definition) is 3. The third kappa shape index (κ3) is 2.21. The van der Waals surface area contributed by atoms with Crippen LogP contribution in [0.2, 0.25) is 0 Å². The number of carbonyl (C=O) groups is 2. The number of Topliss-reactive ketones (excluding diaryl/α,β-unsaturated/α-hetero) is 1. The van der Waals surface area contributed by atoms with Gasteiger partial charge in [-0.2, -0.15) is 0 Å². The van der Waals surface area contributed by atoms with Gasteiger partial charge in [0.05, 0.1) is 11.8 Å². The number of ketones is 1. The number of pyridine rings is 1. The maximum Gasteiger partial charge on any atom is 0.257 e. The summed E-state index contributed by atoms with van der Waals surface area (Å²) in [7, 11) is 0. The van der Waals surface area contributed by atoms with Gasteiger partial charge in [0.25, 0.3) is 5.91 Å². The van der Waals surface area contributed by atoms with Crippen LogP contribution < -0.4 is 0 Å². The predicted octanol–water partition coefficient (Wildman–Crippen LogP) is 2.19. The first-order chi connectivity index (χ1) is 9.68. The molecule has 2 unspecified atom stereocenters. The Bertz CT molecular complexity index is 546. The van der Waals surface area contributed by atoms with Crippen molar-refractivity contribution in [1.29, 1.82) is 0 Å². The summed E-state index contributed by atoms with van der Waals surface area (Å²) in [6, 6.07) is 1.36. The number of carbonyl (C=O) groups excluding carboxylic acids is 2. The van der Waals surface area contributed by atoms with E-state index in [-0.39, 0.29) is 29.2 Å². The number of hydrogen-bond donors (Lipinski definition) is 0. The molecule has 1 aliphatic carbocycles. The van der Waals surface area contributed by atoms with E-state index in [1.807, 2.05) is 0 Å². The van der Waals surface area contributed by atoms with Crippen LogP contribution in [-0.4, -0.2) is 34.2 Å². The van der Waals surface area contributed by atoms with Crippen LogP contribution in [0.4, 0.5) is 4.39 Å². The lowest BCUT2D eigenvalue weighted by Crippen LogP contribution is -2.41. The van der Waals surface area contributed by atoms with Crippen molar-refractivity contribution in [3.63, 3.8) is 0 Å². The normalized spacial score (nSPS) is 26.2. The molecule has 2 aliphatic rings. The van der Waals surface area contributed by atoms with E-state index in [0.29, 0.717) is 13.0 Å². The Hall–Kier alpha value is -1.78. The summed E-state index contributed by atoms with van der Waals surface area (Å²) in [5.41, 5.74) is 0.0531. The molecule has 1 aliphatic heterocycles. The van der Waals surface area contributed by atoms with Crippen molar-refractivity contribution in [2.75, 3.05) is 6.54 Å². The Morgan fingerprint density at radius 2 is 2.20 bits per heavy atom. The maximum atomic E-state index is 13.7. The molecule has 0 N–H and O–H groups in total. The van der Waals surface area contributed by atoms with Gasteiger partial charge in [-0.1, -0.05) is 0 Å². The van der Waals surface area contributed by atoms with Crippen molar-refractivity contribution in [2.24, 2.45) is 5.92 Å². The van der Waals surface area contributed by atoms with Crippen molar-refractivity contribution >= 4 is 11.7 Å². The SMILES string of the molecule is O=C1CCCC1C1CCCN1C(=O)c1ccncc1F. The van der Waals surface area contributed by atoms with E-state index >= 15 is 0 Å². The zero-order valence-electron chi connectivity index (χ0n) is 11.2. The second kappa shape index (κ2) is 5.31. The summed E-state index contributed by atoms with van der Waals surface area (Å²) in [4.78, 5) is 29.7. The van der Waals surface area contributed by atoms with E-state index in [4.69, 9.17) is 0 Å². The fraction of sp³-hybridized carbons (Fsp3) is 0.533. The molecular weight excluding hydrogens is 259 g/mol. The molecule has 2 heterocycles. The van der Waals surface area contributed by atoms with Crippen molar-refractivity contribution in [3.05, 3.63) is 29.8 Å². The molecule has 3 rings (SSSR count). The van der Waals surface area contributed by atoms with Gasteiger partial charge in [-0.3, -0.25) is 14.6 Å². The third-order valence-corrected chi connectivity index (χ3v) is 4.38. The van der Waals surface area contributed by atoms with Crippen LogP contribution in [0.1, 0.15) is 42.5 Å². The molecule has 2 fully saturated rings. The van der Waals surface area contributed by atoms with E-state index in [0.717, 1.165) is 31.9 Å². The lowest BCUT2D eigenvalue weighted by molar-refractivity contribution is -0.121. The molecular formula is C15H17FN2O2. The molecule has 5 heteroatoms. The third-order valence-electron chi connectivity index (χ3n) is 4.38. The molecule has 0 aromatic carbocycles. The first-order valence-electron chi connectivity index (χ1n) is 7.11. The topological polar surface area (TPSA) is 50.3 Å². The summed E-state index contributed by atoms with van der Waals surface area (Å²) in [5, 5.41) is 0. The van der Waals surface area contributed by atoms with Gasteiger partial charge in [0.1, 0.15) is 5.78 Å². The molecule has 4 nitrogen and oxygen atoms in total. The molecule has 1 aromatic heterocycles. The Morgan fingerprint density at radius 3 is 2.90 bits per heavy atom. The van der Waals surface area contributed by atoms with E-state index in [9.17, 15) is 14.0 Å². The van der Waals surface area contributed by atoms with E-state index < -0.39 is 5.82 Å². The lowest BCUT2D eigenvalue weighted by atomic mass is 9.95. The summed E-state index contributed by atoms with van der Waals surface area (Å²) in [6.45, 7) is 0.606. The first kappa shape index (κ1) is 13.2. The van der Waals surface area contributed by atoms with Crippen molar-refractivity contribution in [2.45, 2.75) is 38.1 Å². The highest BCUT2D eigenvalue weighted by Crippen LogP contribution is 2.34. The Labute approximate surface area is 117 Å². The monoisotopic (exact) mass is 276 g/mol. The van der Waals surface area contributed by atoms with E-state index in [1.54, 1.807) is 4.90 Å². The van der Waals surface area contributed by atoms with Crippen molar-refractivity contribution < 1.29 is 14.0 Å². The predicted molar refractivity (Wildman–Crippen MR) is 70.6 cm³/mol. The van der Waals surface area contributed by atoms with Crippen LogP contribution >= 0.6 is 0 Å².